The summed E-state index contributed by atoms with van der Waals surface area (Å²) in [5.74, 6) is 8.42. The van der Waals surface area contributed by atoms with Crippen molar-refractivity contribution in [2.24, 2.45) is 0 Å². The maximum Gasteiger partial charge on any atom is 0.0632 e. The minimum absolute atomic E-state index is 0.403. The van der Waals surface area contributed by atoms with Crippen LogP contribution >= 0.6 is 23.5 Å². The average molecular weight is 226 g/mol. The molecule has 0 N–H and O–H groups in total. The van der Waals surface area contributed by atoms with Crippen LogP contribution in [0.25, 0.3) is 0 Å². The Kier molecular flexibility index (Phi) is 9.13. The summed E-state index contributed by atoms with van der Waals surface area (Å²) in [6, 6.07) is 0. The summed E-state index contributed by atoms with van der Waals surface area (Å²) in [5, 5.41) is 0.805. The fraction of sp³-hybridized carbons (Fsp3) is 0.500. The number of hydrogen-bond donors (Lipinski definition) is 0. The molecule has 0 aromatic heterocycles. The molecule has 0 rings (SSSR count). The van der Waals surface area contributed by atoms with Crippen molar-refractivity contribution >= 4 is 23.5 Å². The second-order valence-electron chi connectivity index (χ2n) is 2.82. The highest BCUT2D eigenvalue weighted by atomic mass is 32.2. The summed E-state index contributed by atoms with van der Waals surface area (Å²) in [6.07, 6.45) is 3.83. The second kappa shape index (κ2) is 9.30. The quantitative estimate of drug-likeness (QED) is 0.501. The lowest BCUT2D eigenvalue weighted by molar-refractivity contribution is 1.26. The van der Waals surface area contributed by atoms with E-state index < -0.39 is 0 Å². The van der Waals surface area contributed by atoms with Gasteiger partial charge < -0.3 is 0 Å². The fourth-order valence-corrected chi connectivity index (χ4v) is 1.90. The van der Waals surface area contributed by atoms with Gasteiger partial charge in [-0.3, -0.25) is 0 Å². The zero-order valence-corrected chi connectivity index (χ0v) is 10.6. The first-order valence-corrected chi connectivity index (χ1v) is 6.76. The second-order valence-corrected chi connectivity index (χ2v) is 5.56. The van der Waals surface area contributed by atoms with Crippen LogP contribution in [-0.4, -0.2) is 22.0 Å². The van der Waals surface area contributed by atoms with Crippen LogP contribution in [-0.2, 0) is 0 Å². The van der Waals surface area contributed by atoms with E-state index in [0.717, 1.165) is 11.5 Å². The van der Waals surface area contributed by atoms with E-state index in [4.69, 9.17) is 0 Å². The lowest BCUT2D eigenvalue weighted by Crippen LogP contribution is -1.96. The first kappa shape index (κ1) is 13.7. The summed E-state index contributed by atoms with van der Waals surface area (Å²) in [5.41, 5.74) is 0. The normalized spacial score (nSPS) is 13.6. The van der Waals surface area contributed by atoms with Gasteiger partial charge in [0.15, 0.2) is 0 Å². The number of hydrogen-bond acceptors (Lipinski definition) is 2. The average Bonchev–Trinajstić information content (AvgIpc) is 2.20. The van der Waals surface area contributed by atoms with E-state index in [0.29, 0.717) is 10.5 Å². The molecular formula is C12H18S2. The molecule has 2 heteroatoms. The number of thioether (sulfide) groups is 2. The van der Waals surface area contributed by atoms with Crippen LogP contribution in [0, 0.1) is 11.8 Å². The van der Waals surface area contributed by atoms with E-state index in [1.807, 2.05) is 35.7 Å². The Bertz CT molecular complexity index is 200. The Hall–Kier alpha value is -0.260. The third-order valence-electron chi connectivity index (χ3n) is 1.42. The highest BCUT2D eigenvalue weighted by Crippen LogP contribution is 2.11. The van der Waals surface area contributed by atoms with Crippen LogP contribution < -0.4 is 0 Å². The first-order valence-electron chi connectivity index (χ1n) is 4.66. The Labute approximate surface area is 96.6 Å². The van der Waals surface area contributed by atoms with E-state index >= 15 is 0 Å². The minimum atomic E-state index is 0.403. The van der Waals surface area contributed by atoms with Gasteiger partial charge in [0.05, 0.1) is 10.5 Å². The van der Waals surface area contributed by atoms with Crippen LogP contribution in [0.5, 0.6) is 0 Å². The summed E-state index contributed by atoms with van der Waals surface area (Å²) >= 11 is 3.64. The molecule has 0 bridgehead atoms. The predicted octanol–water partition coefficient (Wildman–Crippen LogP) is 3.61. The Morgan fingerprint density at radius 2 is 1.36 bits per heavy atom. The number of rotatable bonds is 6. The first-order chi connectivity index (χ1) is 6.70. The molecule has 2 atom stereocenters. The van der Waals surface area contributed by atoms with Gasteiger partial charge in [0, 0.05) is 11.5 Å². The van der Waals surface area contributed by atoms with Crippen molar-refractivity contribution in [3.8, 4) is 11.8 Å². The van der Waals surface area contributed by atoms with Gasteiger partial charge in [-0.1, -0.05) is 24.0 Å². The standard InChI is InChI=1S/C12H18S2/c1-5-9-13-11(3)7-8-12(4)14-10-6-2/h5-6,11-12H,1-2,9-10H2,3-4H3. The summed E-state index contributed by atoms with van der Waals surface area (Å²) < 4.78 is 0. The molecule has 0 saturated carbocycles. The zero-order valence-electron chi connectivity index (χ0n) is 8.95. The molecule has 78 valence electrons. The van der Waals surface area contributed by atoms with Gasteiger partial charge in [0.25, 0.3) is 0 Å². The van der Waals surface area contributed by atoms with Crippen molar-refractivity contribution in [1.82, 2.24) is 0 Å². The SMILES string of the molecule is C=CCSC(C)C#CC(C)SCC=C. The minimum Gasteiger partial charge on any atom is -0.142 e. The van der Waals surface area contributed by atoms with Crippen LogP contribution in [0.4, 0.5) is 0 Å². The molecule has 0 nitrogen and oxygen atoms in total. The molecule has 0 aliphatic heterocycles. The van der Waals surface area contributed by atoms with Gasteiger partial charge in [-0.2, -0.15) is 0 Å². The molecule has 0 aromatic carbocycles. The smallest absolute Gasteiger partial charge is 0.0632 e. The molecule has 0 fully saturated rings. The van der Waals surface area contributed by atoms with Crippen LogP contribution in [0.2, 0.25) is 0 Å². The lowest BCUT2D eigenvalue weighted by atomic mass is 10.4. The van der Waals surface area contributed by atoms with Gasteiger partial charge in [0.1, 0.15) is 0 Å². The summed E-state index contributed by atoms with van der Waals surface area (Å²) in [6.45, 7) is 11.6. The molecule has 0 aliphatic rings. The molecule has 2 unspecified atom stereocenters. The highest BCUT2D eigenvalue weighted by Gasteiger charge is 1.97. The fourth-order valence-electron chi connectivity index (χ4n) is 0.743. The third-order valence-corrected chi connectivity index (χ3v) is 3.51. The van der Waals surface area contributed by atoms with Gasteiger partial charge in [-0.15, -0.1) is 36.7 Å². The maximum atomic E-state index is 3.68. The lowest BCUT2D eigenvalue weighted by Gasteiger charge is -2.02. The van der Waals surface area contributed by atoms with Crippen molar-refractivity contribution in [2.45, 2.75) is 24.3 Å². The van der Waals surface area contributed by atoms with Crippen molar-refractivity contribution in [2.75, 3.05) is 11.5 Å². The molecule has 0 heterocycles. The monoisotopic (exact) mass is 226 g/mol. The Balaban J connectivity index is 3.76. The molecule has 0 aliphatic carbocycles. The molecule has 0 amide bonds. The molecule has 0 spiro atoms. The van der Waals surface area contributed by atoms with Crippen LogP contribution in [0.1, 0.15) is 13.8 Å². The Morgan fingerprint density at radius 3 is 1.64 bits per heavy atom. The largest absolute Gasteiger partial charge is 0.142 e. The van der Waals surface area contributed by atoms with Crippen LogP contribution in [0.15, 0.2) is 25.3 Å². The van der Waals surface area contributed by atoms with Crippen molar-refractivity contribution < 1.29 is 0 Å². The third kappa shape index (κ3) is 8.34. The van der Waals surface area contributed by atoms with E-state index in [1.54, 1.807) is 0 Å². The van der Waals surface area contributed by atoms with Crippen molar-refractivity contribution in [3.05, 3.63) is 25.3 Å². The summed E-state index contributed by atoms with van der Waals surface area (Å²) in [7, 11) is 0. The van der Waals surface area contributed by atoms with Crippen molar-refractivity contribution in [3.63, 3.8) is 0 Å². The molecule has 0 saturated heterocycles. The molecular weight excluding hydrogens is 208 g/mol. The van der Waals surface area contributed by atoms with E-state index in [9.17, 15) is 0 Å². The maximum absolute atomic E-state index is 3.68. The topological polar surface area (TPSA) is 0 Å². The van der Waals surface area contributed by atoms with Gasteiger partial charge in [-0.05, 0) is 13.8 Å². The summed E-state index contributed by atoms with van der Waals surface area (Å²) in [4.78, 5) is 0. The van der Waals surface area contributed by atoms with Gasteiger partial charge in [0.2, 0.25) is 0 Å². The van der Waals surface area contributed by atoms with Gasteiger partial charge in [-0.25, -0.2) is 0 Å². The zero-order chi connectivity index (χ0) is 10.8. The van der Waals surface area contributed by atoms with E-state index in [1.165, 1.54) is 0 Å². The van der Waals surface area contributed by atoms with E-state index in [-0.39, 0.29) is 0 Å². The predicted molar refractivity (Wildman–Crippen MR) is 72.0 cm³/mol. The highest BCUT2D eigenvalue weighted by molar-refractivity contribution is 8.00. The van der Waals surface area contributed by atoms with Crippen molar-refractivity contribution in [1.29, 1.82) is 0 Å². The van der Waals surface area contributed by atoms with E-state index in [2.05, 4.69) is 38.8 Å². The molecule has 0 radical (unpaired) electrons. The Morgan fingerprint density at radius 1 is 1.00 bits per heavy atom. The van der Waals surface area contributed by atoms with Crippen LogP contribution in [0.3, 0.4) is 0 Å². The van der Waals surface area contributed by atoms with Gasteiger partial charge >= 0.3 is 0 Å². The molecule has 0 aromatic rings. The molecule has 14 heavy (non-hydrogen) atoms.